The Morgan fingerprint density at radius 2 is 2.10 bits per heavy atom. The van der Waals surface area contributed by atoms with Crippen LogP contribution in [-0.2, 0) is 6.42 Å². The van der Waals surface area contributed by atoms with Gasteiger partial charge in [0.15, 0.2) is 0 Å². The van der Waals surface area contributed by atoms with Crippen LogP contribution in [0.15, 0.2) is 18.2 Å². The first kappa shape index (κ1) is 14.6. The van der Waals surface area contributed by atoms with Crippen LogP contribution in [0, 0.1) is 6.92 Å². The molecule has 0 bridgehead atoms. The van der Waals surface area contributed by atoms with E-state index in [1.165, 1.54) is 5.56 Å². The van der Waals surface area contributed by atoms with Crippen LogP contribution in [0.25, 0.3) is 11.3 Å². The van der Waals surface area contributed by atoms with E-state index in [9.17, 15) is 0 Å². The fraction of sp³-hybridized carbons (Fsp3) is 0.438. The maximum Gasteiger partial charge on any atom is 0.128 e. The predicted molar refractivity (Wildman–Crippen MR) is 82.2 cm³/mol. The van der Waals surface area contributed by atoms with Crippen LogP contribution in [0.4, 0.5) is 0 Å². The van der Waals surface area contributed by atoms with Crippen molar-refractivity contribution in [1.82, 2.24) is 9.97 Å². The molecule has 0 aliphatic rings. The van der Waals surface area contributed by atoms with Crippen molar-refractivity contribution >= 4 is 0 Å². The second-order valence-electron chi connectivity index (χ2n) is 5.30. The van der Waals surface area contributed by atoms with Crippen molar-refractivity contribution in [2.45, 2.75) is 33.1 Å². The van der Waals surface area contributed by atoms with E-state index in [0.29, 0.717) is 12.5 Å². The van der Waals surface area contributed by atoms with Gasteiger partial charge in [0.05, 0.1) is 12.8 Å². The quantitative estimate of drug-likeness (QED) is 0.880. The third-order valence-electron chi connectivity index (χ3n) is 3.44. The number of aromatic nitrogens is 2. The van der Waals surface area contributed by atoms with Gasteiger partial charge < -0.3 is 15.5 Å². The number of nitrogens with zero attached hydrogens (tertiary/aromatic N) is 1. The third-order valence-corrected chi connectivity index (χ3v) is 3.44. The van der Waals surface area contributed by atoms with Crippen molar-refractivity contribution in [3.05, 3.63) is 35.3 Å². The molecule has 0 fully saturated rings. The highest BCUT2D eigenvalue weighted by Gasteiger charge is 2.15. The lowest BCUT2D eigenvalue weighted by atomic mass is 9.99. The van der Waals surface area contributed by atoms with E-state index in [2.05, 4.69) is 42.0 Å². The normalized spacial score (nSPS) is 11.1. The topological polar surface area (TPSA) is 63.9 Å². The third kappa shape index (κ3) is 2.85. The van der Waals surface area contributed by atoms with E-state index in [0.717, 1.165) is 34.9 Å². The Morgan fingerprint density at radius 3 is 2.70 bits per heavy atom. The van der Waals surface area contributed by atoms with Gasteiger partial charge in [0.25, 0.3) is 0 Å². The van der Waals surface area contributed by atoms with Gasteiger partial charge in [-0.15, -0.1) is 0 Å². The average Bonchev–Trinajstić information content (AvgIpc) is 2.79. The first-order valence-corrected chi connectivity index (χ1v) is 7.00. The molecule has 4 heteroatoms. The minimum absolute atomic E-state index is 0.474. The van der Waals surface area contributed by atoms with Crippen LogP contribution in [-0.4, -0.2) is 23.6 Å². The summed E-state index contributed by atoms with van der Waals surface area (Å²) in [4.78, 5) is 7.88. The lowest BCUT2D eigenvalue weighted by Crippen LogP contribution is -2.04. The minimum Gasteiger partial charge on any atom is -0.496 e. The molecule has 108 valence electrons. The number of aryl methyl sites for hydroxylation is 1. The molecule has 2 aromatic rings. The van der Waals surface area contributed by atoms with Crippen molar-refractivity contribution in [1.29, 1.82) is 0 Å². The Bertz CT molecular complexity index is 587. The number of hydrogen-bond donors (Lipinski definition) is 2. The van der Waals surface area contributed by atoms with Crippen LogP contribution in [0.5, 0.6) is 5.75 Å². The van der Waals surface area contributed by atoms with Gasteiger partial charge in [-0.3, -0.25) is 0 Å². The van der Waals surface area contributed by atoms with Crippen LogP contribution in [0.1, 0.15) is 36.8 Å². The van der Waals surface area contributed by atoms with Crippen LogP contribution >= 0.6 is 0 Å². The lowest BCUT2D eigenvalue weighted by Gasteiger charge is -2.12. The van der Waals surface area contributed by atoms with Gasteiger partial charge in [-0.25, -0.2) is 4.98 Å². The highest BCUT2D eigenvalue weighted by Crippen LogP contribution is 2.33. The van der Waals surface area contributed by atoms with Gasteiger partial charge in [-0.1, -0.05) is 19.9 Å². The van der Waals surface area contributed by atoms with E-state index in [-0.39, 0.29) is 0 Å². The molecule has 4 nitrogen and oxygen atoms in total. The highest BCUT2D eigenvalue weighted by molar-refractivity contribution is 5.70. The summed E-state index contributed by atoms with van der Waals surface area (Å²) in [5.41, 5.74) is 9.97. The summed E-state index contributed by atoms with van der Waals surface area (Å²) in [5.74, 6) is 2.24. The number of H-pyrrole nitrogens is 1. The lowest BCUT2D eigenvalue weighted by molar-refractivity contribution is 0.415. The van der Waals surface area contributed by atoms with E-state index in [1.807, 2.05) is 6.92 Å². The SMILES string of the molecule is COc1cc(C(C)C)ccc1-c1nc(C)[nH]c1CCN. The summed E-state index contributed by atoms with van der Waals surface area (Å²) < 4.78 is 5.55. The highest BCUT2D eigenvalue weighted by atomic mass is 16.5. The van der Waals surface area contributed by atoms with Crippen molar-refractivity contribution in [2.75, 3.05) is 13.7 Å². The zero-order valence-corrected chi connectivity index (χ0v) is 12.7. The number of aromatic amines is 1. The monoisotopic (exact) mass is 273 g/mol. The zero-order chi connectivity index (χ0) is 14.7. The Morgan fingerprint density at radius 1 is 1.35 bits per heavy atom. The van der Waals surface area contributed by atoms with E-state index in [1.54, 1.807) is 7.11 Å². The van der Waals surface area contributed by atoms with Crippen LogP contribution in [0.3, 0.4) is 0 Å². The first-order chi connectivity index (χ1) is 9.56. The molecule has 1 aromatic heterocycles. The maximum absolute atomic E-state index is 5.67. The molecule has 1 heterocycles. The summed E-state index contributed by atoms with van der Waals surface area (Å²) in [6.07, 6.45) is 0.783. The Labute approximate surface area is 120 Å². The molecular formula is C16H23N3O. The molecule has 1 aromatic carbocycles. The van der Waals surface area contributed by atoms with Crippen molar-refractivity contribution in [3.63, 3.8) is 0 Å². The van der Waals surface area contributed by atoms with E-state index >= 15 is 0 Å². The second-order valence-corrected chi connectivity index (χ2v) is 5.30. The zero-order valence-electron chi connectivity index (χ0n) is 12.7. The molecule has 0 spiro atoms. The number of methoxy groups -OCH3 is 1. The van der Waals surface area contributed by atoms with Gasteiger partial charge in [0, 0.05) is 17.7 Å². The molecule has 0 aliphatic heterocycles. The first-order valence-electron chi connectivity index (χ1n) is 7.00. The van der Waals surface area contributed by atoms with Crippen LogP contribution in [0.2, 0.25) is 0 Å². The number of ether oxygens (including phenoxy) is 1. The molecule has 20 heavy (non-hydrogen) atoms. The van der Waals surface area contributed by atoms with Gasteiger partial charge >= 0.3 is 0 Å². The Kier molecular flexibility index (Phi) is 4.45. The van der Waals surface area contributed by atoms with Crippen LogP contribution < -0.4 is 10.5 Å². The molecule has 0 amide bonds. The fourth-order valence-electron chi connectivity index (χ4n) is 2.35. The average molecular weight is 273 g/mol. The van der Waals surface area contributed by atoms with E-state index < -0.39 is 0 Å². The Balaban J connectivity index is 2.51. The number of hydrogen-bond acceptors (Lipinski definition) is 3. The molecule has 0 atom stereocenters. The molecule has 3 N–H and O–H groups in total. The Hall–Kier alpha value is -1.81. The molecule has 0 unspecified atom stereocenters. The summed E-state index contributed by atoms with van der Waals surface area (Å²) in [6, 6.07) is 6.32. The van der Waals surface area contributed by atoms with Gasteiger partial charge in [-0.2, -0.15) is 0 Å². The summed E-state index contributed by atoms with van der Waals surface area (Å²) in [7, 11) is 1.70. The largest absolute Gasteiger partial charge is 0.496 e. The van der Waals surface area contributed by atoms with E-state index in [4.69, 9.17) is 10.5 Å². The predicted octanol–water partition coefficient (Wildman–Crippen LogP) is 3.02. The number of benzene rings is 1. The molecule has 0 aliphatic carbocycles. The minimum atomic E-state index is 0.474. The second kappa shape index (κ2) is 6.09. The molecule has 0 saturated carbocycles. The van der Waals surface area contributed by atoms with Gasteiger partial charge in [0.2, 0.25) is 0 Å². The number of imidazole rings is 1. The van der Waals surface area contributed by atoms with Crippen molar-refractivity contribution < 1.29 is 4.74 Å². The molecule has 0 saturated heterocycles. The molecule has 0 radical (unpaired) electrons. The smallest absolute Gasteiger partial charge is 0.128 e. The van der Waals surface area contributed by atoms with Gasteiger partial charge in [-0.05, 0) is 37.1 Å². The number of rotatable bonds is 5. The number of nitrogens with one attached hydrogen (secondary N) is 1. The van der Waals surface area contributed by atoms with Crippen molar-refractivity contribution in [2.24, 2.45) is 5.73 Å². The van der Waals surface area contributed by atoms with Crippen molar-refractivity contribution in [3.8, 4) is 17.0 Å². The van der Waals surface area contributed by atoms with Gasteiger partial charge in [0.1, 0.15) is 11.6 Å². The molecule has 2 rings (SSSR count). The fourth-order valence-corrected chi connectivity index (χ4v) is 2.35. The summed E-state index contributed by atoms with van der Waals surface area (Å²) in [5, 5.41) is 0. The standard InChI is InChI=1S/C16H23N3O/c1-10(2)12-5-6-13(15(9-12)20-4)16-14(7-8-17)18-11(3)19-16/h5-6,9-10H,7-8,17H2,1-4H3,(H,18,19). The summed E-state index contributed by atoms with van der Waals surface area (Å²) >= 11 is 0. The molecular weight excluding hydrogens is 250 g/mol. The maximum atomic E-state index is 5.67. The number of nitrogens with two attached hydrogens (primary N) is 1. The summed E-state index contributed by atoms with van der Waals surface area (Å²) in [6.45, 7) is 6.90.